The molecule has 7 nitrogen and oxygen atoms in total. The van der Waals surface area contributed by atoms with Crippen LogP contribution in [-0.2, 0) is 20.1 Å². The summed E-state index contributed by atoms with van der Waals surface area (Å²) in [5.41, 5.74) is 17.9. The molecule has 0 bridgehead atoms. The Hall–Kier alpha value is -6.34. The van der Waals surface area contributed by atoms with Crippen LogP contribution in [0, 0.1) is 39.8 Å². The normalized spacial score (nSPS) is 13.4. The number of para-hydroxylation sites is 1. The van der Waals surface area contributed by atoms with Crippen molar-refractivity contribution in [2.45, 2.75) is 47.6 Å². The Morgan fingerprint density at radius 2 is 1.28 bits per heavy atom. The quantitative estimate of drug-likeness (QED) is 0.130. The van der Waals surface area contributed by atoms with Crippen LogP contribution in [0.15, 0.2) is 140 Å². The summed E-state index contributed by atoms with van der Waals surface area (Å²) in [7, 11) is 0. The first kappa shape index (κ1) is 38.8. The molecule has 0 spiro atoms. The first-order valence-electron chi connectivity index (χ1n) is 20.7. The number of aromatic nitrogens is 3. The van der Waals surface area contributed by atoms with Gasteiger partial charge < -0.3 is 23.8 Å². The van der Waals surface area contributed by atoms with Crippen molar-refractivity contribution in [3.63, 3.8) is 0 Å². The molecule has 0 aliphatic carbocycles. The van der Waals surface area contributed by atoms with Gasteiger partial charge in [-0.15, -0.1) is 35.8 Å². The van der Waals surface area contributed by atoms with E-state index < -0.39 is 0 Å². The molecule has 0 saturated carbocycles. The second-order valence-corrected chi connectivity index (χ2v) is 16.4. The Bertz CT molecular complexity index is 2990. The fourth-order valence-corrected chi connectivity index (χ4v) is 9.86. The molecule has 4 aliphatic rings. The average molecular weight is 969 g/mol. The third-order valence-electron chi connectivity index (χ3n) is 12.6. The summed E-state index contributed by atoms with van der Waals surface area (Å²) in [6, 6.07) is 49.8. The number of fused-ring (bicyclic) bond motifs is 3. The standard InChI is InChI=1S/C31H21BN3O.C20H21BN3.Ir/c1-19-17-28(33-18-20(19)2)35-23-12-6-11-22-29(23)32-30-24(34(22)21-9-4-3-5-10-21)13-7-15-26(30)36-27-16-8-14-25(35)31(27)32;1-14(2)24-18-11-6-5-10-17(18)20-22-12-13-23(20)21(24)19-15(3)8-7-9-16(19)4;/h3-11,13-18H,1-2H3;5-9,11-14H,1-4H3;/q2*-1;. The summed E-state index contributed by atoms with van der Waals surface area (Å²) in [6.45, 7) is 13.3. The second kappa shape index (κ2) is 15.0. The van der Waals surface area contributed by atoms with E-state index in [1.165, 1.54) is 55.5 Å². The molecule has 6 heterocycles. The predicted molar refractivity (Wildman–Crippen MR) is 247 cm³/mol. The molecule has 0 N–H and O–H groups in total. The maximum Gasteiger partial charge on any atom is 0.399 e. The van der Waals surface area contributed by atoms with E-state index in [4.69, 9.17) is 9.72 Å². The fraction of sp³-hybridized carbons (Fsp3) is 0.137. The smallest absolute Gasteiger partial charge is 0.399 e. The Labute approximate surface area is 372 Å². The maximum atomic E-state index is 6.58. The third kappa shape index (κ3) is 5.91. The number of rotatable bonds is 4. The van der Waals surface area contributed by atoms with Crippen molar-refractivity contribution >= 4 is 75.5 Å². The van der Waals surface area contributed by atoms with Crippen molar-refractivity contribution in [2.75, 3.05) is 14.6 Å². The number of ether oxygens (including phenoxy) is 1. The van der Waals surface area contributed by atoms with Crippen LogP contribution in [0.25, 0.3) is 11.4 Å². The summed E-state index contributed by atoms with van der Waals surface area (Å²) in [5, 5.41) is 0. The van der Waals surface area contributed by atoms with Crippen molar-refractivity contribution in [1.82, 2.24) is 14.4 Å². The topological polar surface area (TPSA) is 49.7 Å². The van der Waals surface area contributed by atoms with Crippen LogP contribution in [0.3, 0.4) is 0 Å². The summed E-state index contributed by atoms with van der Waals surface area (Å²) in [5.74, 6) is 3.71. The molecule has 4 aliphatic heterocycles. The number of aryl methyl sites for hydroxylation is 4. The molecule has 0 saturated heterocycles. The molecular formula is C51H42B2IrN6O-2. The number of benzene rings is 6. The van der Waals surface area contributed by atoms with Gasteiger partial charge in [-0.25, -0.2) is 4.98 Å². The summed E-state index contributed by atoms with van der Waals surface area (Å²) >= 11 is 0. The number of imidazole rings is 1. The van der Waals surface area contributed by atoms with E-state index in [1.807, 2.05) is 24.5 Å². The van der Waals surface area contributed by atoms with Gasteiger partial charge in [0.05, 0.1) is 0 Å². The van der Waals surface area contributed by atoms with Crippen molar-refractivity contribution in [2.24, 2.45) is 0 Å². The van der Waals surface area contributed by atoms with E-state index in [9.17, 15) is 0 Å². The zero-order valence-electron chi connectivity index (χ0n) is 34.9. The Morgan fingerprint density at radius 1 is 0.607 bits per heavy atom. The van der Waals surface area contributed by atoms with Gasteiger partial charge in [-0.2, -0.15) is 12.1 Å². The third-order valence-corrected chi connectivity index (χ3v) is 12.6. The van der Waals surface area contributed by atoms with Gasteiger partial charge in [0.25, 0.3) is 0 Å². The number of hydrogen-bond donors (Lipinski definition) is 0. The van der Waals surface area contributed by atoms with Gasteiger partial charge in [0, 0.05) is 67.6 Å². The zero-order valence-corrected chi connectivity index (χ0v) is 37.3. The molecule has 0 fully saturated rings. The molecule has 0 atom stereocenters. The second-order valence-electron chi connectivity index (χ2n) is 16.4. The summed E-state index contributed by atoms with van der Waals surface area (Å²) < 4.78 is 8.86. The average Bonchev–Trinajstić information content (AvgIpc) is 3.76. The van der Waals surface area contributed by atoms with Crippen LogP contribution < -0.4 is 41.2 Å². The summed E-state index contributed by atoms with van der Waals surface area (Å²) in [6.07, 6.45) is 5.94. The van der Waals surface area contributed by atoms with Crippen LogP contribution >= 0.6 is 0 Å². The van der Waals surface area contributed by atoms with Gasteiger partial charge in [-0.3, -0.25) is 4.98 Å². The van der Waals surface area contributed by atoms with Gasteiger partial charge in [-0.05, 0) is 112 Å². The number of hydrogen-bond acceptors (Lipinski definition) is 6. The molecule has 0 amide bonds. The predicted octanol–water partition coefficient (Wildman–Crippen LogP) is 9.12. The van der Waals surface area contributed by atoms with Crippen LogP contribution in [0.2, 0.25) is 0 Å². The molecule has 12 rings (SSSR count). The summed E-state index contributed by atoms with van der Waals surface area (Å²) in [4.78, 5) is 16.6. The monoisotopic (exact) mass is 969 g/mol. The molecule has 299 valence electrons. The molecule has 8 aromatic rings. The molecule has 6 aromatic carbocycles. The van der Waals surface area contributed by atoms with Crippen LogP contribution in [0.5, 0.6) is 11.5 Å². The van der Waals surface area contributed by atoms with E-state index in [0.29, 0.717) is 6.04 Å². The molecule has 0 unspecified atom stereocenters. The van der Waals surface area contributed by atoms with Crippen LogP contribution in [0.4, 0.5) is 39.9 Å². The first-order valence-corrected chi connectivity index (χ1v) is 20.7. The van der Waals surface area contributed by atoms with E-state index in [0.717, 1.165) is 51.5 Å². The zero-order chi connectivity index (χ0) is 40.8. The maximum absolute atomic E-state index is 6.58. The number of anilines is 7. The first-order chi connectivity index (χ1) is 29.3. The SMILES string of the molecule is Cc1cccc(C)c1B1N(C(C)C)c2ccc[c-]c2-c2nccn21.Cc1cnc(N2c3[c-]ccc4c3B3c5c(cccc52)Oc2cccc(c23)N4c2ccccc2)cc1C.[Ir]. The van der Waals surface area contributed by atoms with Gasteiger partial charge in [-0.1, -0.05) is 82.3 Å². The Kier molecular flexibility index (Phi) is 9.54. The minimum absolute atomic E-state index is 0. The Morgan fingerprint density at radius 3 is 1.98 bits per heavy atom. The van der Waals surface area contributed by atoms with E-state index in [2.05, 4.69) is 193 Å². The van der Waals surface area contributed by atoms with Crippen molar-refractivity contribution in [3.05, 3.63) is 174 Å². The molecule has 10 heteroatoms. The minimum atomic E-state index is 0. The van der Waals surface area contributed by atoms with Crippen molar-refractivity contribution < 1.29 is 24.8 Å². The fourth-order valence-electron chi connectivity index (χ4n) is 9.86. The van der Waals surface area contributed by atoms with Crippen LogP contribution in [0.1, 0.15) is 36.1 Å². The van der Waals surface area contributed by atoms with Gasteiger partial charge in [0.1, 0.15) is 17.3 Å². The number of pyridine rings is 1. The van der Waals surface area contributed by atoms with Gasteiger partial charge >= 0.3 is 6.98 Å². The van der Waals surface area contributed by atoms with Crippen molar-refractivity contribution in [3.8, 4) is 22.9 Å². The van der Waals surface area contributed by atoms with Gasteiger partial charge in [0.15, 0.2) is 6.71 Å². The molecule has 1 radical (unpaired) electrons. The van der Waals surface area contributed by atoms with Crippen LogP contribution in [-0.4, -0.2) is 34.2 Å². The van der Waals surface area contributed by atoms with Gasteiger partial charge in [0.2, 0.25) is 0 Å². The van der Waals surface area contributed by atoms with Crippen molar-refractivity contribution in [1.29, 1.82) is 0 Å². The Balaban J connectivity index is 0.000000156. The minimum Gasteiger partial charge on any atom is -0.458 e. The van der Waals surface area contributed by atoms with E-state index in [1.54, 1.807) is 0 Å². The molecule has 61 heavy (non-hydrogen) atoms. The molecular weight excluding hydrogens is 926 g/mol. The molecule has 2 aromatic heterocycles. The van der Waals surface area contributed by atoms with E-state index >= 15 is 0 Å². The number of nitrogens with zero attached hydrogens (tertiary/aromatic N) is 6. The van der Waals surface area contributed by atoms with E-state index in [-0.39, 0.29) is 33.8 Å². The largest absolute Gasteiger partial charge is 0.458 e.